The summed E-state index contributed by atoms with van der Waals surface area (Å²) in [4.78, 5) is 26.9. The third-order valence-corrected chi connectivity index (χ3v) is 3.17. The fourth-order valence-corrected chi connectivity index (χ4v) is 2.09. The van der Waals surface area contributed by atoms with E-state index in [1.54, 1.807) is 11.9 Å². The molecule has 7 nitrogen and oxygen atoms in total. The van der Waals surface area contributed by atoms with Gasteiger partial charge in [-0.25, -0.2) is 0 Å². The van der Waals surface area contributed by atoms with E-state index in [0.717, 1.165) is 32.4 Å². The van der Waals surface area contributed by atoms with Crippen LogP contribution in [0.3, 0.4) is 0 Å². The number of rotatable bonds is 4. The summed E-state index contributed by atoms with van der Waals surface area (Å²) in [6.07, 6.45) is 1.02. The molecule has 1 amide bonds. The molecule has 1 aromatic heterocycles. The Bertz CT molecular complexity index is 523. The molecule has 0 radical (unpaired) electrons. The van der Waals surface area contributed by atoms with Gasteiger partial charge >= 0.3 is 0 Å². The number of hydrogen-bond donors (Lipinski definition) is 2. The van der Waals surface area contributed by atoms with Crippen LogP contribution in [0.5, 0.6) is 5.75 Å². The normalized spacial score (nSPS) is 15.6. The predicted octanol–water partition coefficient (Wildman–Crippen LogP) is -0.791. The molecule has 2 N–H and O–H groups in total. The molecule has 0 unspecified atom stereocenters. The highest BCUT2D eigenvalue weighted by Gasteiger charge is 2.18. The van der Waals surface area contributed by atoms with Crippen LogP contribution in [0.4, 0.5) is 0 Å². The van der Waals surface area contributed by atoms with Gasteiger partial charge in [-0.05, 0) is 7.05 Å². The molecule has 0 bridgehead atoms. The van der Waals surface area contributed by atoms with Crippen molar-refractivity contribution < 1.29 is 14.3 Å². The minimum absolute atomic E-state index is 0.0649. The van der Waals surface area contributed by atoms with Gasteiger partial charge in [0.1, 0.15) is 12.0 Å². The van der Waals surface area contributed by atoms with Gasteiger partial charge in [-0.2, -0.15) is 0 Å². The average molecular weight is 281 g/mol. The smallest absolute Gasteiger partial charge is 0.236 e. The first kappa shape index (κ1) is 14.5. The Kier molecular flexibility index (Phi) is 4.75. The topological polar surface area (TPSA) is 86.0 Å². The van der Waals surface area contributed by atoms with Crippen LogP contribution in [0.15, 0.2) is 21.5 Å². The number of amides is 1. The van der Waals surface area contributed by atoms with E-state index in [2.05, 4.69) is 5.32 Å². The third-order valence-electron chi connectivity index (χ3n) is 3.17. The number of carbonyl (C=O) groups is 1. The largest absolute Gasteiger partial charge is 0.502 e. The predicted molar refractivity (Wildman–Crippen MR) is 72.4 cm³/mol. The van der Waals surface area contributed by atoms with E-state index in [1.807, 2.05) is 4.90 Å². The van der Waals surface area contributed by atoms with E-state index in [0.29, 0.717) is 12.3 Å². The van der Waals surface area contributed by atoms with Crippen molar-refractivity contribution in [1.29, 1.82) is 0 Å². The van der Waals surface area contributed by atoms with Crippen LogP contribution < -0.4 is 10.7 Å². The lowest BCUT2D eigenvalue weighted by atomic mass is 10.3. The van der Waals surface area contributed by atoms with Crippen molar-refractivity contribution >= 4 is 5.91 Å². The standard InChI is InChI=1S/C13H19N3O4/c1-15(7-10-6-11(17)12(18)9-20-10)8-13(19)16-4-2-14-3-5-16/h6,9,14,18H,2-5,7-8H2,1H3. The highest BCUT2D eigenvalue weighted by molar-refractivity contribution is 5.78. The zero-order valence-corrected chi connectivity index (χ0v) is 11.5. The molecule has 0 spiro atoms. The third kappa shape index (κ3) is 3.82. The lowest BCUT2D eigenvalue weighted by Crippen LogP contribution is -2.49. The van der Waals surface area contributed by atoms with Gasteiger partial charge in [-0.3, -0.25) is 14.5 Å². The lowest BCUT2D eigenvalue weighted by Gasteiger charge is -2.29. The molecule has 1 aromatic rings. The zero-order chi connectivity index (χ0) is 14.5. The van der Waals surface area contributed by atoms with E-state index in [4.69, 9.17) is 9.52 Å². The van der Waals surface area contributed by atoms with Crippen LogP contribution >= 0.6 is 0 Å². The van der Waals surface area contributed by atoms with Gasteiger partial charge in [0.05, 0.1) is 13.1 Å². The Morgan fingerprint density at radius 1 is 1.50 bits per heavy atom. The Morgan fingerprint density at radius 3 is 2.85 bits per heavy atom. The minimum atomic E-state index is -0.479. The molecule has 0 aromatic carbocycles. The minimum Gasteiger partial charge on any atom is -0.502 e. The maximum atomic E-state index is 12.0. The van der Waals surface area contributed by atoms with Gasteiger partial charge in [0.15, 0.2) is 5.75 Å². The van der Waals surface area contributed by atoms with Crippen molar-refractivity contribution in [1.82, 2.24) is 15.1 Å². The van der Waals surface area contributed by atoms with Crippen molar-refractivity contribution in [2.75, 3.05) is 39.8 Å². The van der Waals surface area contributed by atoms with Crippen molar-refractivity contribution in [3.8, 4) is 5.75 Å². The molecule has 1 aliphatic rings. The van der Waals surface area contributed by atoms with E-state index in [1.165, 1.54) is 6.07 Å². The second-order valence-corrected chi connectivity index (χ2v) is 4.90. The maximum absolute atomic E-state index is 12.0. The zero-order valence-electron chi connectivity index (χ0n) is 11.5. The van der Waals surface area contributed by atoms with Gasteiger partial charge in [-0.1, -0.05) is 0 Å². The van der Waals surface area contributed by atoms with Crippen LogP contribution in [0.2, 0.25) is 0 Å². The van der Waals surface area contributed by atoms with Gasteiger partial charge in [0.25, 0.3) is 0 Å². The SMILES string of the molecule is CN(CC(=O)N1CCNCC1)Cc1cc(=O)c(O)co1. The first-order valence-electron chi connectivity index (χ1n) is 6.54. The van der Waals surface area contributed by atoms with Crippen molar-refractivity contribution in [2.24, 2.45) is 0 Å². The van der Waals surface area contributed by atoms with Crippen LogP contribution in [0.25, 0.3) is 0 Å². The van der Waals surface area contributed by atoms with Crippen LogP contribution in [0.1, 0.15) is 5.76 Å². The summed E-state index contributed by atoms with van der Waals surface area (Å²) in [5.41, 5.74) is -0.479. The van der Waals surface area contributed by atoms with E-state index >= 15 is 0 Å². The summed E-state index contributed by atoms with van der Waals surface area (Å²) in [5.74, 6) is 0.0758. The van der Waals surface area contributed by atoms with Gasteiger partial charge in [0.2, 0.25) is 11.3 Å². The summed E-state index contributed by atoms with van der Waals surface area (Å²) < 4.78 is 5.11. The molecule has 0 aliphatic carbocycles. The summed E-state index contributed by atoms with van der Waals surface area (Å²) in [5, 5.41) is 12.3. The Balaban J connectivity index is 1.88. The van der Waals surface area contributed by atoms with Crippen LogP contribution in [-0.2, 0) is 11.3 Å². The number of nitrogens with zero attached hydrogens (tertiary/aromatic N) is 2. The van der Waals surface area contributed by atoms with E-state index < -0.39 is 11.2 Å². The number of carbonyl (C=O) groups excluding carboxylic acids is 1. The number of piperazine rings is 1. The average Bonchev–Trinajstić information content (AvgIpc) is 2.44. The highest BCUT2D eigenvalue weighted by Crippen LogP contribution is 2.06. The van der Waals surface area contributed by atoms with Gasteiger partial charge in [-0.15, -0.1) is 0 Å². The summed E-state index contributed by atoms with van der Waals surface area (Å²) in [6.45, 7) is 3.70. The lowest BCUT2D eigenvalue weighted by molar-refractivity contribution is -0.132. The Hall–Kier alpha value is -1.86. The van der Waals surface area contributed by atoms with Crippen LogP contribution in [-0.4, -0.2) is 60.6 Å². The summed E-state index contributed by atoms with van der Waals surface area (Å²) in [6, 6.07) is 1.24. The molecule has 0 saturated carbocycles. The van der Waals surface area contributed by atoms with Crippen molar-refractivity contribution in [3.63, 3.8) is 0 Å². The highest BCUT2D eigenvalue weighted by atomic mass is 16.4. The molecule has 1 fully saturated rings. The molecule has 20 heavy (non-hydrogen) atoms. The maximum Gasteiger partial charge on any atom is 0.236 e. The van der Waals surface area contributed by atoms with Crippen molar-refractivity contribution in [3.05, 3.63) is 28.3 Å². The fourth-order valence-electron chi connectivity index (χ4n) is 2.09. The molecular weight excluding hydrogens is 262 g/mol. The second kappa shape index (κ2) is 6.53. The van der Waals surface area contributed by atoms with Gasteiger partial charge < -0.3 is 19.7 Å². The molecule has 1 saturated heterocycles. The fraction of sp³-hybridized carbons (Fsp3) is 0.538. The van der Waals surface area contributed by atoms with E-state index in [9.17, 15) is 9.59 Å². The molecule has 110 valence electrons. The van der Waals surface area contributed by atoms with E-state index in [-0.39, 0.29) is 12.5 Å². The first-order valence-corrected chi connectivity index (χ1v) is 6.54. The molecule has 1 aliphatic heterocycles. The second-order valence-electron chi connectivity index (χ2n) is 4.90. The number of nitrogens with one attached hydrogen (secondary N) is 1. The quantitative estimate of drug-likeness (QED) is 0.752. The first-order chi connectivity index (χ1) is 9.56. The molecule has 2 heterocycles. The summed E-state index contributed by atoms with van der Waals surface area (Å²) in [7, 11) is 1.78. The van der Waals surface area contributed by atoms with Crippen LogP contribution in [0, 0.1) is 0 Å². The molecule has 2 rings (SSSR count). The van der Waals surface area contributed by atoms with Crippen molar-refractivity contribution in [2.45, 2.75) is 6.54 Å². The Labute approximate surface area is 116 Å². The summed E-state index contributed by atoms with van der Waals surface area (Å²) >= 11 is 0. The number of hydrogen-bond acceptors (Lipinski definition) is 6. The molecule has 7 heteroatoms. The molecule has 0 atom stereocenters. The number of likely N-dealkylation sites (N-methyl/N-ethyl adjacent to an activating group) is 1. The molecular formula is C13H19N3O4. The van der Waals surface area contributed by atoms with Gasteiger partial charge in [0, 0.05) is 32.2 Å². The monoisotopic (exact) mass is 281 g/mol. The number of aromatic hydroxyl groups is 1. The Morgan fingerprint density at radius 2 is 2.20 bits per heavy atom.